The Labute approximate surface area is 67.3 Å². The van der Waals surface area contributed by atoms with Crippen molar-refractivity contribution in [1.29, 1.82) is 0 Å². The van der Waals surface area contributed by atoms with Gasteiger partial charge >= 0.3 is 16.5 Å². The van der Waals surface area contributed by atoms with Crippen LogP contribution in [-0.4, -0.2) is 9.79 Å². The lowest BCUT2D eigenvalue weighted by Crippen LogP contribution is -1.58. The maximum absolute atomic E-state index is 9.44. The zero-order valence-electron chi connectivity index (χ0n) is 6.53. The van der Waals surface area contributed by atoms with Crippen molar-refractivity contribution in [2.24, 2.45) is 0 Å². The zero-order chi connectivity index (χ0) is 9.28. The van der Waals surface area contributed by atoms with Crippen molar-refractivity contribution in [2.45, 2.75) is 26.7 Å². The largest absolute Gasteiger partial charge is 0.326 e. The second kappa shape index (κ2) is 10.3. The topological polar surface area (TPSA) is 83.8 Å². The molecule has 0 saturated carbocycles. The summed E-state index contributed by atoms with van der Waals surface area (Å²) in [5.41, 5.74) is 0. The van der Waals surface area contributed by atoms with E-state index < -0.39 is 16.5 Å². The Morgan fingerprint density at radius 2 is 1.36 bits per heavy atom. The van der Waals surface area contributed by atoms with Gasteiger partial charge in [0, 0.05) is 0 Å². The highest BCUT2D eigenvalue weighted by molar-refractivity contribution is 7.46. The van der Waals surface area contributed by atoms with Gasteiger partial charge in [-0.25, -0.2) is 4.31 Å². The molecule has 0 aliphatic heterocycles. The van der Waals surface area contributed by atoms with Crippen LogP contribution in [-0.2, 0) is 13.4 Å². The molecule has 0 amide bonds. The second-order valence-electron chi connectivity index (χ2n) is 1.63. The standard InChI is InChI=1S/C4H10.H4O5P2/c1-3-4-2;1-6(2)5-7(3)4/h3-4H2,1-2H3;6-7H,(H,1,2)(H,3,4). The van der Waals surface area contributed by atoms with Crippen LogP contribution in [0.4, 0.5) is 0 Å². The fourth-order valence-corrected chi connectivity index (χ4v) is 0.672. The number of hydrogen-bond acceptors (Lipinski definition) is 3. The van der Waals surface area contributed by atoms with Gasteiger partial charge in [-0.15, -0.1) is 0 Å². The lowest BCUT2D eigenvalue weighted by molar-refractivity contribution is 0.371. The minimum atomic E-state index is -3.20. The first-order chi connectivity index (χ1) is 5.04. The molecule has 0 aromatic carbocycles. The molecule has 0 aromatic rings. The molecule has 0 bridgehead atoms. The summed E-state index contributed by atoms with van der Waals surface area (Å²) in [6, 6.07) is 0. The molecule has 0 heterocycles. The van der Waals surface area contributed by atoms with Crippen LogP contribution in [0.2, 0.25) is 0 Å². The maximum atomic E-state index is 9.44. The summed E-state index contributed by atoms with van der Waals surface area (Å²) < 4.78 is 22.3. The summed E-state index contributed by atoms with van der Waals surface area (Å²) in [5, 5.41) is 0. The monoisotopic (exact) mass is 204 g/mol. The third-order valence-corrected chi connectivity index (χ3v) is 2.07. The van der Waals surface area contributed by atoms with E-state index in [1.165, 1.54) is 12.8 Å². The van der Waals surface area contributed by atoms with E-state index in [0.29, 0.717) is 0 Å². The predicted molar refractivity (Wildman–Crippen MR) is 44.1 cm³/mol. The fourth-order valence-electron chi connectivity index (χ4n) is 0.0747. The van der Waals surface area contributed by atoms with Gasteiger partial charge < -0.3 is 9.79 Å². The van der Waals surface area contributed by atoms with Gasteiger partial charge in [0.25, 0.3) is 0 Å². The minimum Gasteiger partial charge on any atom is -0.326 e. The first kappa shape index (κ1) is 13.9. The maximum Gasteiger partial charge on any atom is 0.323 e. The van der Waals surface area contributed by atoms with Gasteiger partial charge in [0.2, 0.25) is 0 Å². The highest BCUT2D eigenvalue weighted by Gasteiger charge is 1.93. The van der Waals surface area contributed by atoms with Crippen LogP contribution in [0, 0.1) is 0 Å². The van der Waals surface area contributed by atoms with Crippen LogP contribution >= 0.6 is 16.5 Å². The lowest BCUT2D eigenvalue weighted by Gasteiger charge is -1.86. The molecule has 0 radical (unpaired) electrons. The van der Waals surface area contributed by atoms with Crippen LogP contribution in [0.25, 0.3) is 0 Å². The van der Waals surface area contributed by atoms with E-state index in [1.54, 1.807) is 0 Å². The molecule has 5 nitrogen and oxygen atoms in total. The van der Waals surface area contributed by atoms with Crippen molar-refractivity contribution in [2.75, 3.05) is 0 Å². The van der Waals surface area contributed by atoms with Crippen molar-refractivity contribution in [3.05, 3.63) is 0 Å². The molecule has 2 unspecified atom stereocenters. The van der Waals surface area contributed by atoms with Gasteiger partial charge in [0.05, 0.1) is 0 Å². The van der Waals surface area contributed by atoms with E-state index in [2.05, 4.69) is 18.2 Å². The van der Waals surface area contributed by atoms with E-state index >= 15 is 0 Å². The molecule has 0 rings (SSSR count). The molecule has 2 N–H and O–H groups in total. The molecule has 0 saturated heterocycles. The molecule has 7 heteroatoms. The molecule has 2 atom stereocenters. The first-order valence-corrected chi connectivity index (χ1v) is 5.71. The van der Waals surface area contributed by atoms with Crippen LogP contribution in [0.15, 0.2) is 0 Å². The van der Waals surface area contributed by atoms with Gasteiger partial charge in [0.15, 0.2) is 0 Å². The Balaban J connectivity index is 0. The quantitative estimate of drug-likeness (QED) is 0.681. The lowest BCUT2D eigenvalue weighted by atomic mass is 10.4. The third kappa shape index (κ3) is 25.2. The van der Waals surface area contributed by atoms with Gasteiger partial charge in [-0.05, 0) is 0 Å². The summed E-state index contributed by atoms with van der Waals surface area (Å²) in [6.45, 7) is 4.36. The number of rotatable bonds is 3. The Morgan fingerprint density at radius 1 is 1.09 bits per heavy atom. The molecule has 70 valence electrons. The van der Waals surface area contributed by atoms with Crippen molar-refractivity contribution in [3.63, 3.8) is 0 Å². The molecule has 11 heavy (non-hydrogen) atoms. The van der Waals surface area contributed by atoms with Crippen molar-refractivity contribution in [3.8, 4) is 0 Å². The average molecular weight is 204 g/mol. The highest BCUT2D eigenvalue weighted by Crippen LogP contribution is 2.30. The third-order valence-electron chi connectivity index (χ3n) is 0.675. The number of hydrogen-bond donors (Lipinski definition) is 2. The van der Waals surface area contributed by atoms with Gasteiger partial charge in [-0.1, -0.05) is 26.7 Å². The Morgan fingerprint density at radius 3 is 1.36 bits per heavy atom. The van der Waals surface area contributed by atoms with Crippen molar-refractivity contribution >= 4 is 16.5 Å². The summed E-state index contributed by atoms with van der Waals surface area (Å²) in [4.78, 5) is 15.4. The predicted octanol–water partition coefficient (Wildman–Crippen LogP) is 1.57. The Bertz CT molecular complexity index is 112. The zero-order valence-corrected chi connectivity index (χ0v) is 8.53. The summed E-state index contributed by atoms with van der Waals surface area (Å²) in [6.07, 6.45) is 2.64. The van der Waals surface area contributed by atoms with Crippen molar-refractivity contribution in [1.82, 2.24) is 0 Å². The Hall–Kier alpha value is 0.340. The normalized spacial score (nSPS) is 14.5. The van der Waals surface area contributed by atoms with Crippen LogP contribution in [0.1, 0.15) is 26.7 Å². The average Bonchev–Trinajstić information content (AvgIpc) is 1.85. The molecular weight excluding hydrogens is 190 g/mol. The van der Waals surface area contributed by atoms with Gasteiger partial charge in [-0.2, -0.15) is 0 Å². The highest BCUT2D eigenvalue weighted by atomic mass is 31.2. The summed E-state index contributed by atoms with van der Waals surface area (Å²) in [7, 11) is -6.40. The summed E-state index contributed by atoms with van der Waals surface area (Å²) >= 11 is 0. The van der Waals surface area contributed by atoms with E-state index in [0.717, 1.165) is 0 Å². The molecule has 0 aliphatic carbocycles. The number of unbranched alkanes of at least 4 members (excludes halogenated alkanes) is 1. The fraction of sp³-hybridized carbons (Fsp3) is 1.00. The second-order valence-corrected chi connectivity index (χ2v) is 3.51. The van der Waals surface area contributed by atoms with Gasteiger partial charge in [-0.3, -0.25) is 9.13 Å². The van der Waals surface area contributed by atoms with Crippen LogP contribution in [0.3, 0.4) is 0 Å². The molecule has 0 spiro atoms. The molecular formula is C4H14O5P2. The van der Waals surface area contributed by atoms with E-state index in [-0.39, 0.29) is 0 Å². The van der Waals surface area contributed by atoms with E-state index in [9.17, 15) is 9.13 Å². The molecule has 0 fully saturated rings. The van der Waals surface area contributed by atoms with E-state index in [4.69, 9.17) is 9.79 Å². The van der Waals surface area contributed by atoms with Crippen LogP contribution in [0.5, 0.6) is 0 Å². The smallest absolute Gasteiger partial charge is 0.323 e. The first-order valence-electron chi connectivity index (χ1n) is 3.18. The van der Waals surface area contributed by atoms with E-state index in [1.807, 2.05) is 0 Å². The molecule has 0 aromatic heterocycles. The molecule has 0 aliphatic rings. The van der Waals surface area contributed by atoms with Crippen molar-refractivity contribution < 1.29 is 23.2 Å². The Kier molecular flexibility index (Phi) is 13.1. The summed E-state index contributed by atoms with van der Waals surface area (Å²) in [5.74, 6) is 0. The van der Waals surface area contributed by atoms with Crippen LogP contribution < -0.4 is 0 Å². The SMILES string of the molecule is CCCC.O=[PH](O)O[PH](=O)O. The minimum absolute atomic E-state index is 1.32. The van der Waals surface area contributed by atoms with Gasteiger partial charge in [0.1, 0.15) is 0 Å².